The molecular weight excluding hydrogens is 423 g/mol. The molecule has 0 saturated carbocycles. The van der Waals surface area contributed by atoms with Gasteiger partial charge in [-0.1, -0.05) is 23.2 Å². The van der Waals surface area contributed by atoms with Gasteiger partial charge in [-0.2, -0.15) is 5.10 Å². The van der Waals surface area contributed by atoms with E-state index in [4.69, 9.17) is 23.2 Å². The van der Waals surface area contributed by atoms with E-state index in [9.17, 15) is 9.90 Å². The summed E-state index contributed by atoms with van der Waals surface area (Å²) in [5.41, 5.74) is 3.07. The molecular formula is C15H11BrCl2N2O2S. The van der Waals surface area contributed by atoms with Gasteiger partial charge in [0.05, 0.1) is 21.5 Å². The van der Waals surface area contributed by atoms with Crippen LogP contribution in [0.1, 0.15) is 5.56 Å². The number of amides is 1. The Balaban J connectivity index is 1.85. The Bertz CT molecular complexity index is 716. The third kappa shape index (κ3) is 5.73. The van der Waals surface area contributed by atoms with E-state index in [-0.39, 0.29) is 22.4 Å². The lowest BCUT2D eigenvalue weighted by molar-refractivity contribution is -0.118. The third-order valence-corrected chi connectivity index (χ3v) is 4.78. The number of hydrogen-bond donors (Lipinski definition) is 2. The van der Waals surface area contributed by atoms with Crippen LogP contribution in [0, 0.1) is 0 Å². The van der Waals surface area contributed by atoms with Crippen molar-refractivity contribution >= 4 is 63.0 Å². The van der Waals surface area contributed by atoms with Gasteiger partial charge in [0.25, 0.3) is 0 Å². The lowest BCUT2D eigenvalue weighted by atomic mass is 10.2. The van der Waals surface area contributed by atoms with E-state index in [0.29, 0.717) is 15.1 Å². The number of phenolic OH excluding ortho intramolecular Hbond substituents is 1. The van der Waals surface area contributed by atoms with Crippen molar-refractivity contribution in [3.8, 4) is 5.75 Å². The molecule has 0 unspecified atom stereocenters. The Morgan fingerprint density at radius 1 is 1.30 bits per heavy atom. The fraction of sp³-hybridized carbons (Fsp3) is 0.0667. The second-order valence-corrected chi connectivity index (χ2v) is 7.12. The highest BCUT2D eigenvalue weighted by Gasteiger charge is 2.05. The molecule has 0 radical (unpaired) electrons. The first-order valence-electron chi connectivity index (χ1n) is 6.34. The molecule has 8 heteroatoms. The van der Waals surface area contributed by atoms with E-state index in [1.165, 1.54) is 18.0 Å². The predicted molar refractivity (Wildman–Crippen MR) is 98.7 cm³/mol. The molecule has 2 rings (SSSR count). The molecule has 4 nitrogen and oxygen atoms in total. The Hall–Kier alpha value is -1.21. The van der Waals surface area contributed by atoms with Crippen molar-refractivity contribution in [3.05, 3.63) is 56.5 Å². The number of nitrogens with one attached hydrogen (secondary N) is 1. The van der Waals surface area contributed by atoms with Crippen molar-refractivity contribution in [2.24, 2.45) is 5.10 Å². The zero-order valence-electron chi connectivity index (χ0n) is 11.6. The molecule has 0 saturated heterocycles. The van der Waals surface area contributed by atoms with Crippen LogP contribution in [-0.4, -0.2) is 23.0 Å². The maximum Gasteiger partial charge on any atom is 0.250 e. The molecule has 0 aromatic heterocycles. The normalized spacial score (nSPS) is 10.9. The smallest absolute Gasteiger partial charge is 0.250 e. The number of hydrogen-bond acceptors (Lipinski definition) is 4. The third-order valence-electron chi connectivity index (χ3n) is 2.63. The van der Waals surface area contributed by atoms with Crippen LogP contribution in [0.3, 0.4) is 0 Å². The van der Waals surface area contributed by atoms with E-state index in [0.717, 1.165) is 4.90 Å². The zero-order valence-corrected chi connectivity index (χ0v) is 15.5. The molecule has 2 aromatic rings. The number of thioether (sulfide) groups is 1. The van der Waals surface area contributed by atoms with Crippen LogP contribution in [-0.2, 0) is 4.79 Å². The lowest BCUT2D eigenvalue weighted by Gasteiger charge is -2.02. The molecule has 0 bridgehead atoms. The Kier molecular flexibility index (Phi) is 6.77. The number of carbonyl (C=O) groups excluding carboxylic acids is 1. The largest absolute Gasteiger partial charge is 0.505 e. The summed E-state index contributed by atoms with van der Waals surface area (Å²) >= 11 is 16.2. The summed E-state index contributed by atoms with van der Waals surface area (Å²) in [7, 11) is 0. The Morgan fingerprint density at radius 3 is 2.65 bits per heavy atom. The van der Waals surface area contributed by atoms with Crippen LogP contribution in [0.5, 0.6) is 5.75 Å². The summed E-state index contributed by atoms with van der Waals surface area (Å²) in [6.45, 7) is 0. The fourth-order valence-electron chi connectivity index (χ4n) is 1.55. The molecule has 23 heavy (non-hydrogen) atoms. The minimum atomic E-state index is -0.231. The van der Waals surface area contributed by atoms with Gasteiger partial charge in [-0.25, -0.2) is 5.43 Å². The van der Waals surface area contributed by atoms with Gasteiger partial charge in [-0.15, -0.1) is 11.8 Å². The van der Waals surface area contributed by atoms with Crippen molar-refractivity contribution in [1.29, 1.82) is 0 Å². The van der Waals surface area contributed by atoms with E-state index in [1.807, 2.05) is 12.1 Å². The average molecular weight is 434 g/mol. The molecule has 0 fully saturated rings. The molecule has 0 aliphatic heterocycles. The van der Waals surface area contributed by atoms with E-state index >= 15 is 0 Å². The van der Waals surface area contributed by atoms with E-state index in [2.05, 4.69) is 26.5 Å². The molecule has 0 heterocycles. The van der Waals surface area contributed by atoms with Crippen LogP contribution < -0.4 is 5.43 Å². The Labute approximate surface area is 156 Å². The molecule has 120 valence electrons. The minimum Gasteiger partial charge on any atom is -0.505 e. The summed E-state index contributed by atoms with van der Waals surface area (Å²) in [5, 5.41) is 14.2. The summed E-state index contributed by atoms with van der Waals surface area (Å²) in [4.78, 5) is 12.7. The molecule has 0 spiro atoms. The molecule has 2 aromatic carbocycles. The molecule has 2 N–H and O–H groups in total. The molecule has 1 amide bonds. The van der Waals surface area contributed by atoms with Crippen LogP contribution in [0.15, 0.2) is 50.9 Å². The molecule has 0 aliphatic carbocycles. The first-order chi connectivity index (χ1) is 11.0. The summed E-state index contributed by atoms with van der Waals surface area (Å²) < 4.78 is 0.455. The maximum atomic E-state index is 11.7. The second-order valence-electron chi connectivity index (χ2n) is 4.37. The number of nitrogens with zero attached hydrogens (tertiary/aromatic N) is 1. The van der Waals surface area contributed by atoms with Gasteiger partial charge in [-0.3, -0.25) is 4.79 Å². The van der Waals surface area contributed by atoms with Gasteiger partial charge in [0.1, 0.15) is 5.75 Å². The quantitative estimate of drug-likeness (QED) is 0.408. The van der Waals surface area contributed by atoms with Crippen molar-refractivity contribution in [2.75, 3.05) is 5.75 Å². The fourth-order valence-corrected chi connectivity index (χ4v) is 3.19. The van der Waals surface area contributed by atoms with Crippen LogP contribution >= 0.6 is 50.9 Å². The van der Waals surface area contributed by atoms with Crippen molar-refractivity contribution < 1.29 is 9.90 Å². The van der Waals surface area contributed by atoms with Gasteiger partial charge in [-0.05, 0) is 57.9 Å². The summed E-state index contributed by atoms with van der Waals surface area (Å²) in [6.07, 6.45) is 1.45. The summed E-state index contributed by atoms with van der Waals surface area (Å²) in [6, 6.07) is 10.4. The van der Waals surface area contributed by atoms with Gasteiger partial charge in [0, 0.05) is 9.92 Å². The lowest BCUT2D eigenvalue weighted by Crippen LogP contribution is -2.19. The van der Waals surface area contributed by atoms with Gasteiger partial charge < -0.3 is 5.11 Å². The van der Waals surface area contributed by atoms with Crippen molar-refractivity contribution in [3.63, 3.8) is 0 Å². The van der Waals surface area contributed by atoms with E-state index < -0.39 is 0 Å². The Morgan fingerprint density at radius 2 is 2.00 bits per heavy atom. The number of hydrazone groups is 1. The zero-order chi connectivity index (χ0) is 16.8. The highest BCUT2D eigenvalue weighted by atomic mass is 79.9. The predicted octanol–water partition coefficient (Wildman–Crippen LogP) is 4.70. The highest BCUT2D eigenvalue weighted by Crippen LogP contribution is 2.32. The molecule has 0 atom stereocenters. The number of benzene rings is 2. The highest BCUT2D eigenvalue weighted by molar-refractivity contribution is 9.10. The number of aromatic hydroxyl groups is 1. The van der Waals surface area contributed by atoms with Gasteiger partial charge in [0.15, 0.2) is 0 Å². The standard InChI is InChI=1S/C15H11BrCl2N2O2S/c16-12-5-9(6-13(18)15(12)22)7-19-20-14(21)8-23-11-3-1-10(17)2-4-11/h1-7,22H,8H2,(H,20,21)/b19-7-. The van der Waals surface area contributed by atoms with Crippen LogP contribution in [0.2, 0.25) is 10.0 Å². The number of rotatable bonds is 5. The number of phenols is 1. The SMILES string of the molecule is O=C(CSc1ccc(Cl)cc1)N/N=C\c1cc(Cl)c(O)c(Br)c1. The topological polar surface area (TPSA) is 61.7 Å². The number of carbonyl (C=O) groups is 1. The summed E-state index contributed by atoms with van der Waals surface area (Å²) in [5.74, 6) is -0.0312. The number of halogens is 3. The monoisotopic (exact) mass is 432 g/mol. The van der Waals surface area contributed by atoms with Crippen LogP contribution in [0.4, 0.5) is 0 Å². The molecule has 0 aliphatic rings. The first-order valence-corrected chi connectivity index (χ1v) is 8.87. The minimum absolute atomic E-state index is 0.0350. The maximum absolute atomic E-state index is 11.7. The van der Waals surface area contributed by atoms with Gasteiger partial charge >= 0.3 is 0 Å². The van der Waals surface area contributed by atoms with Gasteiger partial charge in [0.2, 0.25) is 5.91 Å². The van der Waals surface area contributed by atoms with Crippen LogP contribution in [0.25, 0.3) is 0 Å². The average Bonchev–Trinajstić information content (AvgIpc) is 2.52. The van der Waals surface area contributed by atoms with Crippen molar-refractivity contribution in [1.82, 2.24) is 5.43 Å². The van der Waals surface area contributed by atoms with Crippen molar-refractivity contribution in [2.45, 2.75) is 4.90 Å². The second kappa shape index (κ2) is 8.59. The first kappa shape index (κ1) is 18.1. The van der Waals surface area contributed by atoms with E-state index in [1.54, 1.807) is 24.3 Å².